The molecule has 3 heterocycles. The second kappa shape index (κ2) is 8.08. The number of para-hydroxylation sites is 2. The summed E-state index contributed by atoms with van der Waals surface area (Å²) in [5.41, 5.74) is 0.497. The fraction of sp³-hybridized carbons (Fsp3) is 0.423. The van der Waals surface area contributed by atoms with Crippen LogP contribution in [0.1, 0.15) is 67.3 Å². The minimum absolute atomic E-state index is 0.0255. The molecular weight excluding hydrogens is 505 g/mol. The van der Waals surface area contributed by atoms with Crippen LogP contribution in [-0.4, -0.2) is 21.9 Å². The van der Waals surface area contributed by atoms with Crippen molar-refractivity contribution in [3.63, 3.8) is 0 Å². The lowest BCUT2D eigenvalue weighted by molar-refractivity contribution is -0.0624. The SMILES string of the molecule is O=C1c2ccccc2OC2(CCCC2)C12OC1=C(SSSS2)C2(CCCC2)Oc2ccccc21. The number of hydrogen-bond donors (Lipinski definition) is 0. The summed E-state index contributed by atoms with van der Waals surface area (Å²) in [4.78, 5) is 14.4. The zero-order valence-electron chi connectivity index (χ0n) is 18.5. The molecule has 0 radical (unpaired) electrons. The van der Waals surface area contributed by atoms with Crippen molar-refractivity contribution in [2.75, 3.05) is 0 Å². The number of ether oxygens (including phenoxy) is 3. The predicted molar refractivity (Wildman–Crippen MR) is 142 cm³/mol. The van der Waals surface area contributed by atoms with E-state index in [1.165, 1.54) is 10.8 Å². The lowest BCUT2D eigenvalue weighted by atomic mass is 9.84. The van der Waals surface area contributed by atoms with E-state index in [2.05, 4.69) is 6.07 Å². The van der Waals surface area contributed by atoms with E-state index in [9.17, 15) is 4.79 Å². The molecule has 0 amide bonds. The normalized spacial score (nSPS) is 28.4. The minimum Gasteiger partial charge on any atom is -0.481 e. The number of rotatable bonds is 0. The van der Waals surface area contributed by atoms with E-state index >= 15 is 0 Å². The molecule has 1 atom stereocenters. The second-order valence-corrected chi connectivity index (χ2v) is 15.5. The minimum atomic E-state index is -1.15. The van der Waals surface area contributed by atoms with E-state index in [1.54, 1.807) is 30.4 Å². The van der Waals surface area contributed by atoms with E-state index in [1.807, 2.05) is 42.5 Å². The Balaban J connectivity index is 1.46. The molecule has 2 aromatic carbocycles. The maximum Gasteiger partial charge on any atom is 0.266 e. The molecule has 0 N–H and O–H groups in total. The summed E-state index contributed by atoms with van der Waals surface area (Å²) in [5, 5.41) is 0. The van der Waals surface area contributed by atoms with Crippen LogP contribution >= 0.6 is 41.2 Å². The van der Waals surface area contributed by atoms with E-state index in [0.29, 0.717) is 11.3 Å². The first-order valence-corrected chi connectivity index (χ1v) is 16.7. The number of ketones is 1. The Morgan fingerprint density at radius 3 is 2.12 bits per heavy atom. The molecule has 8 heteroatoms. The third-order valence-electron chi connectivity index (χ3n) is 7.76. The second-order valence-electron chi connectivity index (χ2n) is 9.61. The van der Waals surface area contributed by atoms with Crippen LogP contribution in [0.25, 0.3) is 5.76 Å². The molecule has 176 valence electrons. The molecule has 4 nitrogen and oxygen atoms in total. The molecule has 1 unspecified atom stereocenters. The van der Waals surface area contributed by atoms with Crippen LogP contribution in [0, 0.1) is 0 Å². The number of Topliss-reactive ketones (excluding diaryl/α,β-unsaturated/α-hetero) is 1. The van der Waals surface area contributed by atoms with Gasteiger partial charge in [0.1, 0.15) is 22.9 Å². The van der Waals surface area contributed by atoms with Crippen molar-refractivity contribution >= 4 is 52.8 Å². The van der Waals surface area contributed by atoms with Gasteiger partial charge in [-0.2, -0.15) is 0 Å². The van der Waals surface area contributed by atoms with Crippen molar-refractivity contribution in [3.8, 4) is 11.5 Å². The smallest absolute Gasteiger partial charge is 0.266 e. The Hall–Kier alpha value is -1.35. The number of carbonyl (C=O) groups is 1. The highest BCUT2D eigenvalue weighted by molar-refractivity contribution is 9.26. The molecule has 2 aromatic rings. The standard InChI is InChI=1S/C26H24O4S4/c27-22-18-10-2-4-12-20(18)29-25(15-7-8-16-25)26(22)30-21-17-9-1-3-11-19(17)28-24(13-5-6-14-24)23(21)31-33-34-32-26/h1-4,9-12H,5-8,13-16H2. The van der Waals surface area contributed by atoms with Gasteiger partial charge in [0.05, 0.1) is 16.0 Å². The average molecular weight is 529 g/mol. The molecule has 3 aliphatic heterocycles. The van der Waals surface area contributed by atoms with E-state index < -0.39 is 10.5 Å². The Morgan fingerprint density at radius 2 is 1.35 bits per heavy atom. The quantitative estimate of drug-likeness (QED) is 0.318. The van der Waals surface area contributed by atoms with Gasteiger partial charge in [0.2, 0.25) is 5.78 Å². The molecule has 2 saturated carbocycles. The van der Waals surface area contributed by atoms with Gasteiger partial charge in [0.15, 0.2) is 5.60 Å². The zero-order valence-corrected chi connectivity index (χ0v) is 21.8. The molecule has 0 saturated heterocycles. The third kappa shape index (κ3) is 3.01. The van der Waals surface area contributed by atoms with E-state index in [4.69, 9.17) is 14.2 Å². The first-order chi connectivity index (χ1) is 16.7. The van der Waals surface area contributed by atoms with Crippen molar-refractivity contribution in [2.24, 2.45) is 0 Å². The summed E-state index contributed by atoms with van der Waals surface area (Å²) < 4.78 is 20.7. The lowest BCUT2D eigenvalue weighted by Gasteiger charge is -2.51. The van der Waals surface area contributed by atoms with Gasteiger partial charge in [-0.05, 0) is 117 Å². The first-order valence-electron chi connectivity index (χ1n) is 11.9. The lowest BCUT2D eigenvalue weighted by Crippen LogP contribution is -2.62. The summed E-state index contributed by atoms with van der Waals surface area (Å²) in [6.07, 6.45) is 7.90. The summed E-state index contributed by atoms with van der Waals surface area (Å²) >= 11 is 0. The number of hydrogen-bond acceptors (Lipinski definition) is 8. The summed E-state index contributed by atoms with van der Waals surface area (Å²) in [5.74, 6) is 2.38. The van der Waals surface area contributed by atoms with Crippen molar-refractivity contribution < 1.29 is 19.0 Å². The zero-order chi connectivity index (χ0) is 22.8. The fourth-order valence-electron chi connectivity index (χ4n) is 6.13. The van der Waals surface area contributed by atoms with Crippen molar-refractivity contribution in [2.45, 2.75) is 67.5 Å². The molecule has 2 fully saturated rings. The third-order valence-corrected chi connectivity index (χ3v) is 14.6. The number of benzene rings is 2. The van der Waals surface area contributed by atoms with E-state index in [0.717, 1.165) is 73.3 Å². The number of carbonyl (C=O) groups excluding carboxylic acids is 1. The van der Waals surface area contributed by atoms with Gasteiger partial charge in [-0.1, -0.05) is 24.3 Å². The van der Waals surface area contributed by atoms with Crippen LogP contribution in [0.2, 0.25) is 0 Å². The van der Waals surface area contributed by atoms with Gasteiger partial charge < -0.3 is 14.2 Å². The number of fused-ring (bicyclic) bond motifs is 5. The van der Waals surface area contributed by atoms with Crippen LogP contribution in [0.15, 0.2) is 53.4 Å². The Bertz CT molecular complexity index is 1200. The summed E-state index contributed by atoms with van der Waals surface area (Å²) in [6, 6.07) is 15.8. The van der Waals surface area contributed by atoms with Crippen molar-refractivity contribution in [1.82, 2.24) is 0 Å². The maximum absolute atomic E-state index is 14.4. The fourth-order valence-corrected chi connectivity index (χ4v) is 13.3. The highest BCUT2D eigenvalue weighted by Crippen LogP contribution is 2.67. The maximum atomic E-state index is 14.4. The van der Waals surface area contributed by atoms with Crippen LogP contribution in [0.4, 0.5) is 0 Å². The summed E-state index contributed by atoms with van der Waals surface area (Å²) in [7, 11) is 6.63. The van der Waals surface area contributed by atoms with Gasteiger partial charge >= 0.3 is 0 Å². The molecule has 5 aliphatic rings. The van der Waals surface area contributed by atoms with Crippen LogP contribution in [-0.2, 0) is 4.74 Å². The Morgan fingerprint density at radius 1 is 0.706 bits per heavy atom. The molecule has 0 bridgehead atoms. The van der Waals surface area contributed by atoms with Gasteiger partial charge in [-0.3, -0.25) is 4.79 Å². The Kier molecular flexibility index (Phi) is 5.21. The van der Waals surface area contributed by atoms with Crippen LogP contribution < -0.4 is 9.47 Å². The van der Waals surface area contributed by atoms with Crippen LogP contribution in [0.3, 0.4) is 0 Å². The average Bonchev–Trinajstić information content (AvgIpc) is 3.50. The van der Waals surface area contributed by atoms with Gasteiger partial charge in [-0.25, -0.2) is 0 Å². The predicted octanol–water partition coefficient (Wildman–Crippen LogP) is 8.05. The molecule has 3 spiro atoms. The highest BCUT2D eigenvalue weighted by Gasteiger charge is 2.67. The topological polar surface area (TPSA) is 44.8 Å². The van der Waals surface area contributed by atoms with Crippen LogP contribution in [0.5, 0.6) is 11.5 Å². The molecule has 2 aliphatic carbocycles. The summed E-state index contributed by atoms with van der Waals surface area (Å²) in [6.45, 7) is 0. The molecular formula is C26H24O4S4. The molecule has 7 rings (SSSR count). The highest BCUT2D eigenvalue weighted by atomic mass is 33.7. The monoisotopic (exact) mass is 528 g/mol. The van der Waals surface area contributed by atoms with Gasteiger partial charge in [-0.15, -0.1) is 0 Å². The van der Waals surface area contributed by atoms with E-state index in [-0.39, 0.29) is 11.4 Å². The van der Waals surface area contributed by atoms with Gasteiger partial charge in [0, 0.05) is 0 Å². The molecule has 34 heavy (non-hydrogen) atoms. The van der Waals surface area contributed by atoms with Gasteiger partial charge in [0.25, 0.3) is 4.93 Å². The first kappa shape index (κ1) is 21.9. The van der Waals surface area contributed by atoms with Crippen molar-refractivity contribution in [3.05, 3.63) is 64.6 Å². The Labute approximate surface area is 214 Å². The molecule has 0 aromatic heterocycles. The van der Waals surface area contributed by atoms with Crippen molar-refractivity contribution in [1.29, 1.82) is 0 Å². The largest absolute Gasteiger partial charge is 0.481 e.